The molecular formula is C23H24ClN3O. The Hall–Kier alpha value is -2.56. The van der Waals surface area contributed by atoms with Crippen LogP contribution in [-0.2, 0) is 4.79 Å². The van der Waals surface area contributed by atoms with Gasteiger partial charge in [-0.3, -0.25) is 9.69 Å². The maximum atomic E-state index is 12.5. The van der Waals surface area contributed by atoms with E-state index in [1.165, 1.54) is 16.5 Å². The lowest BCUT2D eigenvalue weighted by Gasteiger charge is -2.41. The largest absolute Gasteiger partial charge is 0.368 e. The van der Waals surface area contributed by atoms with Gasteiger partial charge in [0, 0.05) is 47.5 Å². The summed E-state index contributed by atoms with van der Waals surface area (Å²) < 4.78 is 0. The molecule has 144 valence electrons. The standard InChI is InChI=1S/C23H24ClN3O/c1-17-15-27(22-11-4-7-18-6-2-3-10-21(18)22)13-12-26(17)16-23(28)25-20-9-5-8-19(24)14-20/h2-11,14,17H,12-13,15-16H2,1H3,(H,25,28). The molecule has 0 spiro atoms. The highest BCUT2D eigenvalue weighted by atomic mass is 35.5. The third-order valence-corrected chi connectivity index (χ3v) is 5.56. The number of piperazine rings is 1. The van der Waals surface area contributed by atoms with E-state index in [-0.39, 0.29) is 11.9 Å². The summed E-state index contributed by atoms with van der Waals surface area (Å²) in [5, 5.41) is 6.10. The molecule has 1 N–H and O–H groups in total. The summed E-state index contributed by atoms with van der Waals surface area (Å²) in [6.45, 7) is 5.23. The Morgan fingerprint density at radius 2 is 1.86 bits per heavy atom. The monoisotopic (exact) mass is 393 g/mol. The van der Waals surface area contributed by atoms with Crippen LogP contribution in [0.3, 0.4) is 0 Å². The van der Waals surface area contributed by atoms with Gasteiger partial charge in [-0.15, -0.1) is 0 Å². The molecule has 5 heteroatoms. The number of benzene rings is 3. The zero-order chi connectivity index (χ0) is 19.5. The van der Waals surface area contributed by atoms with Crippen molar-refractivity contribution in [2.45, 2.75) is 13.0 Å². The summed E-state index contributed by atoms with van der Waals surface area (Å²) in [5.41, 5.74) is 2.01. The molecule has 3 aromatic rings. The van der Waals surface area contributed by atoms with Crippen molar-refractivity contribution in [3.8, 4) is 0 Å². The van der Waals surface area contributed by atoms with Gasteiger partial charge in [0.2, 0.25) is 5.91 Å². The maximum absolute atomic E-state index is 12.5. The first kappa shape index (κ1) is 18.8. The highest BCUT2D eigenvalue weighted by Gasteiger charge is 2.26. The second-order valence-corrected chi connectivity index (χ2v) is 7.76. The molecule has 0 radical (unpaired) electrons. The zero-order valence-corrected chi connectivity index (χ0v) is 16.7. The van der Waals surface area contributed by atoms with Crippen molar-refractivity contribution in [2.75, 3.05) is 36.4 Å². The van der Waals surface area contributed by atoms with Gasteiger partial charge in [0.25, 0.3) is 0 Å². The van der Waals surface area contributed by atoms with E-state index in [1.807, 2.05) is 12.1 Å². The van der Waals surface area contributed by atoms with Crippen LogP contribution in [0.15, 0.2) is 66.7 Å². The van der Waals surface area contributed by atoms with Gasteiger partial charge >= 0.3 is 0 Å². The molecule has 28 heavy (non-hydrogen) atoms. The number of hydrogen-bond acceptors (Lipinski definition) is 3. The molecule has 3 aromatic carbocycles. The van der Waals surface area contributed by atoms with Crippen molar-refractivity contribution in [2.24, 2.45) is 0 Å². The van der Waals surface area contributed by atoms with E-state index in [2.05, 4.69) is 64.5 Å². The first-order valence-electron chi connectivity index (χ1n) is 9.62. The predicted octanol–water partition coefficient (Wildman–Crippen LogP) is 4.64. The highest BCUT2D eigenvalue weighted by Crippen LogP contribution is 2.28. The predicted molar refractivity (Wildman–Crippen MR) is 117 cm³/mol. The van der Waals surface area contributed by atoms with Crippen LogP contribution >= 0.6 is 11.6 Å². The van der Waals surface area contributed by atoms with Gasteiger partial charge in [-0.25, -0.2) is 0 Å². The number of amides is 1. The Bertz CT molecular complexity index is 985. The van der Waals surface area contributed by atoms with Gasteiger partial charge in [-0.1, -0.05) is 54.1 Å². The van der Waals surface area contributed by atoms with Crippen molar-refractivity contribution in [3.63, 3.8) is 0 Å². The molecule has 1 atom stereocenters. The number of nitrogens with one attached hydrogen (secondary N) is 1. The van der Waals surface area contributed by atoms with Gasteiger partial charge in [0.1, 0.15) is 0 Å². The molecular weight excluding hydrogens is 370 g/mol. The van der Waals surface area contributed by atoms with Gasteiger partial charge in [0.05, 0.1) is 6.54 Å². The minimum absolute atomic E-state index is 0.00673. The first-order chi connectivity index (χ1) is 13.6. The lowest BCUT2D eigenvalue weighted by molar-refractivity contribution is -0.117. The average Bonchev–Trinajstić information content (AvgIpc) is 2.69. The van der Waals surface area contributed by atoms with Gasteiger partial charge in [0.15, 0.2) is 0 Å². The van der Waals surface area contributed by atoms with Crippen LogP contribution in [0.1, 0.15) is 6.92 Å². The van der Waals surface area contributed by atoms with E-state index in [0.29, 0.717) is 11.6 Å². The van der Waals surface area contributed by atoms with Crippen LogP contribution in [0.2, 0.25) is 5.02 Å². The number of hydrogen-bond donors (Lipinski definition) is 1. The van der Waals surface area contributed by atoms with Crippen LogP contribution in [0.4, 0.5) is 11.4 Å². The molecule has 1 amide bonds. The SMILES string of the molecule is CC1CN(c2cccc3ccccc23)CCN1CC(=O)Nc1cccc(Cl)c1. The van der Waals surface area contributed by atoms with Crippen molar-refractivity contribution in [1.29, 1.82) is 0 Å². The minimum Gasteiger partial charge on any atom is -0.368 e. The van der Waals surface area contributed by atoms with Crippen LogP contribution < -0.4 is 10.2 Å². The quantitative estimate of drug-likeness (QED) is 0.701. The molecule has 0 bridgehead atoms. The number of halogens is 1. The lowest BCUT2D eigenvalue weighted by atomic mass is 10.1. The van der Waals surface area contributed by atoms with Crippen LogP contribution in [0.25, 0.3) is 10.8 Å². The fourth-order valence-electron chi connectivity index (χ4n) is 3.88. The third-order valence-electron chi connectivity index (χ3n) is 5.33. The van der Waals surface area contributed by atoms with Crippen LogP contribution in [-0.4, -0.2) is 43.0 Å². The summed E-state index contributed by atoms with van der Waals surface area (Å²) in [5.74, 6) is -0.00673. The molecule has 0 aromatic heterocycles. The molecule has 1 saturated heterocycles. The lowest BCUT2D eigenvalue weighted by Crippen LogP contribution is -2.53. The molecule has 4 rings (SSSR count). The molecule has 4 nitrogen and oxygen atoms in total. The van der Waals surface area contributed by atoms with E-state index in [0.717, 1.165) is 25.3 Å². The zero-order valence-electron chi connectivity index (χ0n) is 15.9. The molecule has 1 unspecified atom stereocenters. The second kappa shape index (κ2) is 8.21. The molecule has 1 aliphatic heterocycles. The summed E-state index contributed by atoms with van der Waals surface area (Å²) >= 11 is 5.99. The summed E-state index contributed by atoms with van der Waals surface area (Å²) in [4.78, 5) is 17.1. The van der Waals surface area contributed by atoms with Crippen molar-refractivity contribution in [1.82, 2.24) is 4.90 Å². The molecule has 0 saturated carbocycles. The Labute approximate surface area is 170 Å². The van der Waals surface area contributed by atoms with E-state index in [1.54, 1.807) is 12.1 Å². The number of fused-ring (bicyclic) bond motifs is 1. The Morgan fingerprint density at radius 3 is 2.68 bits per heavy atom. The average molecular weight is 394 g/mol. The maximum Gasteiger partial charge on any atom is 0.238 e. The molecule has 1 heterocycles. The number of rotatable bonds is 4. The number of carbonyl (C=O) groups is 1. The highest BCUT2D eigenvalue weighted by molar-refractivity contribution is 6.30. The summed E-state index contributed by atoms with van der Waals surface area (Å²) in [7, 11) is 0. The number of carbonyl (C=O) groups excluding carboxylic acids is 1. The van der Waals surface area contributed by atoms with Crippen molar-refractivity contribution in [3.05, 3.63) is 71.8 Å². The van der Waals surface area contributed by atoms with Crippen LogP contribution in [0.5, 0.6) is 0 Å². The van der Waals surface area contributed by atoms with Gasteiger partial charge in [-0.05, 0) is 36.6 Å². The van der Waals surface area contributed by atoms with E-state index in [4.69, 9.17) is 11.6 Å². The summed E-state index contributed by atoms with van der Waals surface area (Å²) in [6.07, 6.45) is 0. The van der Waals surface area contributed by atoms with Crippen LogP contribution in [0, 0.1) is 0 Å². The smallest absolute Gasteiger partial charge is 0.238 e. The van der Waals surface area contributed by atoms with E-state index < -0.39 is 0 Å². The minimum atomic E-state index is -0.00673. The van der Waals surface area contributed by atoms with Gasteiger partial charge < -0.3 is 10.2 Å². The topological polar surface area (TPSA) is 35.6 Å². The number of anilines is 2. The molecule has 0 aliphatic carbocycles. The fourth-order valence-corrected chi connectivity index (χ4v) is 4.07. The molecule has 1 aliphatic rings. The van der Waals surface area contributed by atoms with E-state index >= 15 is 0 Å². The Morgan fingerprint density at radius 1 is 1.07 bits per heavy atom. The van der Waals surface area contributed by atoms with E-state index in [9.17, 15) is 4.79 Å². The van der Waals surface area contributed by atoms with Gasteiger partial charge in [-0.2, -0.15) is 0 Å². The first-order valence-corrected chi connectivity index (χ1v) is 10.00. The third kappa shape index (κ3) is 4.13. The number of nitrogens with zero attached hydrogens (tertiary/aromatic N) is 2. The molecule has 1 fully saturated rings. The van der Waals surface area contributed by atoms with Crippen molar-refractivity contribution >= 4 is 39.7 Å². The summed E-state index contributed by atoms with van der Waals surface area (Å²) in [6, 6.07) is 22.5. The fraction of sp³-hybridized carbons (Fsp3) is 0.261. The van der Waals surface area contributed by atoms with Crippen molar-refractivity contribution < 1.29 is 4.79 Å². The second-order valence-electron chi connectivity index (χ2n) is 7.32. The Kier molecular flexibility index (Phi) is 5.51. The Balaban J connectivity index is 1.40. The normalized spacial score (nSPS) is 17.6.